The number of methoxy groups -OCH3 is 2. The van der Waals surface area contributed by atoms with E-state index in [1.54, 1.807) is 26.4 Å². The number of ether oxygens (including phenoxy) is 2. The standard InChI is InChI=1S/C17H24N2O3/c1-4-6-12-9-13(10-15(21-2)16(12)22-3)17(20)19-8-5-7-14(18)11-19/h4,9-10,14H,1,5-8,11,18H2,2-3H3. The molecule has 1 unspecified atom stereocenters. The second kappa shape index (κ2) is 7.31. The van der Waals surface area contributed by atoms with E-state index in [0.29, 0.717) is 30.0 Å². The summed E-state index contributed by atoms with van der Waals surface area (Å²) in [6.07, 6.45) is 4.31. The van der Waals surface area contributed by atoms with Gasteiger partial charge in [0.2, 0.25) is 0 Å². The van der Waals surface area contributed by atoms with Crippen LogP contribution in [0.3, 0.4) is 0 Å². The molecule has 1 aromatic rings. The molecular formula is C17H24N2O3. The van der Waals surface area contributed by atoms with Gasteiger partial charge >= 0.3 is 0 Å². The summed E-state index contributed by atoms with van der Waals surface area (Å²) in [7, 11) is 3.16. The van der Waals surface area contributed by atoms with Gasteiger partial charge in [-0.3, -0.25) is 4.79 Å². The van der Waals surface area contributed by atoms with Gasteiger partial charge in [0.15, 0.2) is 11.5 Å². The van der Waals surface area contributed by atoms with Crippen LogP contribution >= 0.6 is 0 Å². The fourth-order valence-electron chi connectivity index (χ4n) is 2.85. The van der Waals surface area contributed by atoms with Gasteiger partial charge in [0.05, 0.1) is 14.2 Å². The third kappa shape index (κ3) is 3.42. The van der Waals surface area contributed by atoms with Gasteiger partial charge in [0.25, 0.3) is 5.91 Å². The Labute approximate surface area is 131 Å². The molecule has 1 heterocycles. The van der Waals surface area contributed by atoms with Crippen LogP contribution in [0.15, 0.2) is 24.8 Å². The lowest BCUT2D eigenvalue weighted by atomic mass is 10.0. The Morgan fingerprint density at radius 3 is 2.82 bits per heavy atom. The second-order valence-electron chi connectivity index (χ2n) is 5.52. The van der Waals surface area contributed by atoms with E-state index < -0.39 is 0 Å². The summed E-state index contributed by atoms with van der Waals surface area (Å²) >= 11 is 0. The number of carbonyl (C=O) groups excluding carboxylic acids is 1. The molecule has 0 saturated carbocycles. The van der Waals surface area contributed by atoms with Gasteiger partial charge in [-0.05, 0) is 31.4 Å². The van der Waals surface area contributed by atoms with E-state index in [2.05, 4.69) is 6.58 Å². The highest BCUT2D eigenvalue weighted by molar-refractivity contribution is 5.95. The van der Waals surface area contributed by atoms with Crippen LogP contribution in [0.2, 0.25) is 0 Å². The van der Waals surface area contributed by atoms with Gasteiger partial charge in [-0.15, -0.1) is 6.58 Å². The van der Waals surface area contributed by atoms with Crippen LogP contribution in [0.5, 0.6) is 11.5 Å². The van der Waals surface area contributed by atoms with E-state index in [4.69, 9.17) is 15.2 Å². The molecule has 1 aliphatic heterocycles. The Balaban J connectivity index is 2.35. The van der Waals surface area contributed by atoms with Crippen molar-refractivity contribution in [2.75, 3.05) is 27.3 Å². The Bertz CT molecular complexity index is 557. The molecule has 0 aliphatic carbocycles. The van der Waals surface area contributed by atoms with Crippen molar-refractivity contribution in [1.29, 1.82) is 0 Å². The van der Waals surface area contributed by atoms with Crippen LogP contribution in [0.25, 0.3) is 0 Å². The molecule has 22 heavy (non-hydrogen) atoms. The number of nitrogens with two attached hydrogens (primary N) is 1. The topological polar surface area (TPSA) is 64.8 Å². The van der Waals surface area contributed by atoms with Crippen molar-refractivity contribution < 1.29 is 14.3 Å². The number of rotatable bonds is 5. The lowest BCUT2D eigenvalue weighted by molar-refractivity contribution is 0.0708. The Morgan fingerprint density at radius 1 is 1.45 bits per heavy atom. The average molecular weight is 304 g/mol. The smallest absolute Gasteiger partial charge is 0.254 e. The quantitative estimate of drug-likeness (QED) is 0.845. The number of hydrogen-bond donors (Lipinski definition) is 1. The van der Waals surface area contributed by atoms with Gasteiger partial charge in [0, 0.05) is 30.3 Å². The average Bonchev–Trinajstić information content (AvgIpc) is 2.53. The maximum Gasteiger partial charge on any atom is 0.254 e. The highest BCUT2D eigenvalue weighted by atomic mass is 16.5. The number of nitrogens with zero attached hydrogens (tertiary/aromatic N) is 1. The first-order valence-electron chi connectivity index (χ1n) is 7.51. The molecule has 1 fully saturated rings. The van der Waals surface area contributed by atoms with Gasteiger partial charge < -0.3 is 20.1 Å². The maximum absolute atomic E-state index is 12.7. The number of amides is 1. The number of benzene rings is 1. The number of carbonyl (C=O) groups is 1. The Hall–Kier alpha value is -2.01. The molecule has 1 aromatic carbocycles. The van der Waals surface area contributed by atoms with E-state index in [9.17, 15) is 4.79 Å². The zero-order valence-electron chi connectivity index (χ0n) is 13.3. The van der Waals surface area contributed by atoms with Crippen molar-refractivity contribution in [1.82, 2.24) is 4.90 Å². The summed E-state index contributed by atoms with van der Waals surface area (Å²) in [6.45, 7) is 5.10. The molecule has 2 N–H and O–H groups in total. The van der Waals surface area contributed by atoms with Crippen LogP contribution in [-0.4, -0.2) is 44.2 Å². The third-order valence-electron chi connectivity index (χ3n) is 3.91. The van der Waals surface area contributed by atoms with E-state index in [1.807, 2.05) is 11.0 Å². The van der Waals surface area contributed by atoms with E-state index in [1.165, 1.54) is 0 Å². The zero-order chi connectivity index (χ0) is 16.1. The summed E-state index contributed by atoms with van der Waals surface area (Å²) in [5.74, 6) is 1.20. The number of piperidine rings is 1. The zero-order valence-corrected chi connectivity index (χ0v) is 13.3. The lowest BCUT2D eigenvalue weighted by Crippen LogP contribution is -2.45. The highest BCUT2D eigenvalue weighted by Gasteiger charge is 2.24. The lowest BCUT2D eigenvalue weighted by Gasteiger charge is -2.31. The minimum absolute atomic E-state index is 0.0126. The molecule has 1 saturated heterocycles. The predicted molar refractivity (Wildman–Crippen MR) is 86.6 cm³/mol. The molecule has 1 amide bonds. The first-order chi connectivity index (χ1) is 10.6. The fourth-order valence-corrected chi connectivity index (χ4v) is 2.85. The summed E-state index contributed by atoms with van der Waals surface area (Å²) in [5, 5.41) is 0. The predicted octanol–water partition coefficient (Wildman–Crippen LogP) is 2.00. The van der Waals surface area contributed by atoms with Gasteiger partial charge in [-0.1, -0.05) is 6.08 Å². The summed E-state index contributed by atoms with van der Waals surface area (Å²) < 4.78 is 10.8. The largest absolute Gasteiger partial charge is 0.493 e. The Morgan fingerprint density at radius 2 is 2.23 bits per heavy atom. The number of hydrogen-bond acceptors (Lipinski definition) is 4. The monoisotopic (exact) mass is 304 g/mol. The van der Waals surface area contributed by atoms with E-state index >= 15 is 0 Å². The van der Waals surface area contributed by atoms with Crippen molar-refractivity contribution in [2.24, 2.45) is 5.73 Å². The molecule has 5 nitrogen and oxygen atoms in total. The van der Waals surface area contributed by atoms with Crippen molar-refractivity contribution in [3.05, 3.63) is 35.9 Å². The summed E-state index contributed by atoms with van der Waals surface area (Å²) in [6, 6.07) is 3.64. The van der Waals surface area contributed by atoms with Crippen molar-refractivity contribution in [3.63, 3.8) is 0 Å². The molecule has 1 aliphatic rings. The van der Waals surface area contributed by atoms with Crippen molar-refractivity contribution in [2.45, 2.75) is 25.3 Å². The van der Waals surface area contributed by atoms with E-state index in [-0.39, 0.29) is 11.9 Å². The molecule has 1 atom stereocenters. The van der Waals surface area contributed by atoms with Crippen LogP contribution in [0.1, 0.15) is 28.8 Å². The van der Waals surface area contributed by atoms with Crippen molar-refractivity contribution in [3.8, 4) is 11.5 Å². The first kappa shape index (κ1) is 16.4. The summed E-state index contributed by atoms with van der Waals surface area (Å²) in [4.78, 5) is 14.5. The Kier molecular flexibility index (Phi) is 5.44. The summed E-state index contributed by atoms with van der Waals surface area (Å²) in [5.41, 5.74) is 7.46. The fraction of sp³-hybridized carbons (Fsp3) is 0.471. The highest BCUT2D eigenvalue weighted by Crippen LogP contribution is 2.33. The van der Waals surface area contributed by atoms with E-state index in [0.717, 1.165) is 24.9 Å². The molecular weight excluding hydrogens is 280 g/mol. The van der Waals surface area contributed by atoms with Crippen LogP contribution in [0.4, 0.5) is 0 Å². The third-order valence-corrected chi connectivity index (χ3v) is 3.91. The molecule has 2 rings (SSSR count). The molecule has 0 spiro atoms. The van der Waals surface area contributed by atoms with Crippen LogP contribution in [0, 0.1) is 0 Å². The maximum atomic E-state index is 12.7. The second-order valence-corrected chi connectivity index (χ2v) is 5.52. The molecule has 0 radical (unpaired) electrons. The van der Waals surface area contributed by atoms with Crippen molar-refractivity contribution >= 4 is 5.91 Å². The number of likely N-dealkylation sites (tertiary alicyclic amines) is 1. The van der Waals surface area contributed by atoms with Gasteiger partial charge in [-0.25, -0.2) is 0 Å². The normalized spacial score (nSPS) is 18.0. The van der Waals surface area contributed by atoms with Gasteiger partial charge in [-0.2, -0.15) is 0 Å². The molecule has 0 bridgehead atoms. The van der Waals surface area contributed by atoms with Crippen LogP contribution < -0.4 is 15.2 Å². The van der Waals surface area contributed by atoms with Crippen LogP contribution in [-0.2, 0) is 6.42 Å². The molecule has 5 heteroatoms. The van der Waals surface area contributed by atoms with Gasteiger partial charge in [0.1, 0.15) is 0 Å². The minimum Gasteiger partial charge on any atom is -0.493 e. The minimum atomic E-state index is -0.0126. The first-order valence-corrected chi connectivity index (χ1v) is 7.51. The molecule has 0 aromatic heterocycles. The number of allylic oxidation sites excluding steroid dienone is 1. The SMILES string of the molecule is C=CCc1cc(C(=O)N2CCCC(N)C2)cc(OC)c1OC. The molecule has 120 valence electrons.